The van der Waals surface area contributed by atoms with E-state index in [1.165, 1.54) is 56.9 Å². The number of esters is 2. The maximum atomic E-state index is 13.8. The molecule has 3 aliphatic rings. The second-order valence-corrected chi connectivity index (χ2v) is 21.1. The van der Waals surface area contributed by atoms with Crippen LogP contribution < -0.4 is 28.4 Å². The van der Waals surface area contributed by atoms with Crippen molar-refractivity contribution >= 4 is 28.8 Å². The highest BCUT2D eigenvalue weighted by Crippen LogP contribution is 2.60. The van der Waals surface area contributed by atoms with Gasteiger partial charge in [-0.05, 0) is 150 Å². The summed E-state index contributed by atoms with van der Waals surface area (Å²) in [6, 6.07) is 44.7. The Morgan fingerprint density at radius 2 is 1.29 bits per heavy atom. The van der Waals surface area contributed by atoms with Crippen LogP contribution in [0.1, 0.15) is 137 Å². The Morgan fingerprint density at radius 1 is 0.662 bits per heavy atom. The molecule has 0 N–H and O–H groups in total. The summed E-state index contributed by atoms with van der Waals surface area (Å²) in [6.45, 7) is 6.25. The lowest BCUT2D eigenvalue weighted by molar-refractivity contribution is -0.139. The van der Waals surface area contributed by atoms with E-state index in [2.05, 4.69) is 62.4 Å². The zero-order chi connectivity index (χ0) is 53.7. The monoisotopic (exact) mass is 1030 g/mol. The SMILES string of the molecule is CCCCCC1CCC(c2ccc(-c3ccc(OC(=O)C(C)CCCC(=O)Oc4cc5c6c(c7c(c5cc4OC)OC(c4ccc(OC)cc4)(c4ccc(OC)cc4)C=C7)C(CC)(OC)c4ccccc4-6)cc3)cc2)CC1. The number of hydrogen-bond donors (Lipinski definition) is 0. The fourth-order valence-electron chi connectivity index (χ4n) is 12.3. The fourth-order valence-corrected chi connectivity index (χ4v) is 12.3. The highest BCUT2D eigenvalue weighted by atomic mass is 16.6. The van der Waals surface area contributed by atoms with Gasteiger partial charge >= 0.3 is 11.9 Å². The molecule has 2 aliphatic carbocycles. The Morgan fingerprint density at radius 3 is 1.90 bits per heavy atom. The zero-order valence-corrected chi connectivity index (χ0v) is 45.7. The van der Waals surface area contributed by atoms with E-state index in [9.17, 15) is 9.59 Å². The van der Waals surface area contributed by atoms with Crippen molar-refractivity contribution in [2.45, 2.75) is 115 Å². The molecule has 0 aromatic heterocycles. The van der Waals surface area contributed by atoms with Crippen LogP contribution in [0.5, 0.6) is 34.5 Å². The first-order chi connectivity index (χ1) is 37.6. The fraction of sp³-hybridized carbons (Fsp3) is 0.353. The van der Waals surface area contributed by atoms with Gasteiger partial charge in [-0.15, -0.1) is 0 Å². The molecule has 1 aliphatic heterocycles. The maximum Gasteiger partial charge on any atom is 0.314 e. The normalized spacial score (nSPS) is 18.3. The Kier molecular flexibility index (Phi) is 15.9. The largest absolute Gasteiger partial charge is 0.497 e. The van der Waals surface area contributed by atoms with Gasteiger partial charge in [-0.1, -0.05) is 137 Å². The first-order valence-corrected chi connectivity index (χ1v) is 27.7. The quantitative estimate of drug-likeness (QED) is 0.0420. The smallest absolute Gasteiger partial charge is 0.314 e. The molecule has 2 unspecified atom stereocenters. The van der Waals surface area contributed by atoms with Crippen LogP contribution in [0.15, 0.2) is 140 Å². The third kappa shape index (κ3) is 10.3. The standard InChI is InChI=1S/C68H72O9/c1-8-10-11-16-45-20-22-46(23-21-45)47-24-26-48(27-25-47)49-28-34-54(35-29-49)75-66(70)44(3)15-14-19-62(69)76-61-42-57-58(43-60(61)73-6)65-56(64-63(57)55-17-12-13-18-59(55)67(64,9-2)74-7)40-41-68(77-65,50-30-36-52(71-4)37-31-50)51-32-38-53(72-5)39-33-51/h12-13,17-18,24-46H,8-11,14-16,19-23H2,1-7H3. The van der Waals surface area contributed by atoms with Gasteiger partial charge in [-0.3, -0.25) is 9.59 Å². The molecule has 0 amide bonds. The average molecular weight is 1030 g/mol. The van der Waals surface area contributed by atoms with Crippen molar-refractivity contribution in [1.29, 1.82) is 0 Å². The van der Waals surface area contributed by atoms with Crippen LogP contribution >= 0.6 is 0 Å². The van der Waals surface area contributed by atoms with Crippen LogP contribution in [0, 0.1) is 11.8 Å². The lowest BCUT2D eigenvalue weighted by Crippen LogP contribution is -2.35. The molecular weight excluding hydrogens is 961 g/mol. The molecule has 0 saturated heterocycles. The maximum absolute atomic E-state index is 13.8. The minimum Gasteiger partial charge on any atom is -0.497 e. The number of ether oxygens (including phenoxy) is 7. The van der Waals surface area contributed by atoms with E-state index in [0.717, 1.165) is 78.3 Å². The second-order valence-electron chi connectivity index (χ2n) is 21.1. The van der Waals surface area contributed by atoms with Crippen molar-refractivity contribution in [2.75, 3.05) is 28.4 Å². The summed E-state index contributed by atoms with van der Waals surface area (Å²) < 4.78 is 43.4. The molecule has 10 rings (SSSR count). The summed E-state index contributed by atoms with van der Waals surface area (Å²) in [6.07, 6.45) is 16.5. The summed E-state index contributed by atoms with van der Waals surface area (Å²) in [4.78, 5) is 27.2. The van der Waals surface area contributed by atoms with Gasteiger partial charge in [-0.25, -0.2) is 0 Å². The van der Waals surface area contributed by atoms with Gasteiger partial charge < -0.3 is 33.2 Å². The highest BCUT2D eigenvalue weighted by molar-refractivity contribution is 6.09. The van der Waals surface area contributed by atoms with Gasteiger partial charge in [0.05, 0.1) is 27.2 Å². The average Bonchev–Trinajstić information content (AvgIpc) is 3.73. The van der Waals surface area contributed by atoms with Gasteiger partial charge in [-0.2, -0.15) is 0 Å². The molecule has 2 atom stereocenters. The first kappa shape index (κ1) is 53.1. The van der Waals surface area contributed by atoms with Crippen LogP contribution in [-0.2, 0) is 25.5 Å². The van der Waals surface area contributed by atoms with Crippen molar-refractivity contribution in [1.82, 2.24) is 0 Å². The van der Waals surface area contributed by atoms with Gasteiger partial charge in [0.2, 0.25) is 0 Å². The van der Waals surface area contributed by atoms with Crippen LogP contribution in [0.25, 0.3) is 39.1 Å². The van der Waals surface area contributed by atoms with Crippen molar-refractivity contribution in [3.8, 4) is 56.8 Å². The van der Waals surface area contributed by atoms with E-state index in [0.29, 0.717) is 42.4 Å². The van der Waals surface area contributed by atoms with Crippen molar-refractivity contribution in [3.63, 3.8) is 0 Å². The Bertz CT molecular complexity index is 3190. The summed E-state index contributed by atoms with van der Waals surface area (Å²) in [5.74, 6) is 3.55. The molecule has 1 saturated carbocycles. The van der Waals surface area contributed by atoms with Gasteiger partial charge in [0, 0.05) is 41.2 Å². The molecule has 7 aromatic rings. The lowest BCUT2D eigenvalue weighted by atomic mass is 9.77. The minimum absolute atomic E-state index is 0.0838. The summed E-state index contributed by atoms with van der Waals surface area (Å²) >= 11 is 0. The molecule has 398 valence electrons. The number of carbonyl (C=O) groups excluding carboxylic acids is 2. The number of carbonyl (C=O) groups is 2. The third-order valence-electron chi connectivity index (χ3n) is 16.7. The van der Waals surface area contributed by atoms with Gasteiger partial charge in [0.1, 0.15) is 28.6 Å². The number of unbranched alkanes of at least 4 members (excludes halogenated alkanes) is 2. The molecule has 9 heteroatoms. The number of benzene rings is 7. The van der Waals surface area contributed by atoms with E-state index in [1.54, 1.807) is 28.4 Å². The van der Waals surface area contributed by atoms with Crippen LogP contribution in [0.3, 0.4) is 0 Å². The predicted molar refractivity (Wildman–Crippen MR) is 305 cm³/mol. The topological polar surface area (TPSA) is 98.8 Å². The van der Waals surface area contributed by atoms with E-state index in [1.807, 2.05) is 104 Å². The molecule has 0 spiro atoms. The minimum atomic E-state index is -1.08. The molecule has 1 fully saturated rings. The molecular formula is C68H72O9. The Hall–Kier alpha value is -7.36. The van der Waals surface area contributed by atoms with E-state index in [-0.39, 0.29) is 18.1 Å². The van der Waals surface area contributed by atoms with E-state index >= 15 is 0 Å². The molecule has 77 heavy (non-hydrogen) atoms. The van der Waals surface area contributed by atoms with Crippen molar-refractivity contribution in [3.05, 3.63) is 173 Å². The molecule has 0 radical (unpaired) electrons. The number of fused-ring (bicyclic) bond motifs is 8. The number of hydrogen-bond acceptors (Lipinski definition) is 9. The summed E-state index contributed by atoms with van der Waals surface area (Å²) in [5.41, 5.74) is 8.46. The Labute approximate surface area is 454 Å². The number of rotatable bonds is 20. The zero-order valence-electron chi connectivity index (χ0n) is 45.7. The molecule has 7 aromatic carbocycles. The van der Waals surface area contributed by atoms with Crippen LogP contribution in [-0.4, -0.2) is 40.4 Å². The highest BCUT2D eigenvalue weighted by Gasteiger charge is 2.48. The number of methoxy groups -OCH3 is 4. The van der Waals surface area contributed by atoms with E-state index in [4.69, 9.17) is 33.2 Å². The van der Waals surface area contributed by atoms with Gasteiger partial charge in [0.25, 0.3) is 0 Å². The molecule has 0 bridgehead atoms. The molecule has 9 nitrogen and oxygen atoms in total. The molecule has 1 heterocycles. The van der Waals surface area contributed by atoms with Crippen LogP contribution in [0.2, 0.25) is 0 Å². The van der Waals surface area contributed by atoms with Crippen molar-refractivity contribution in [2.24, 2.45) is 11.8 Å². The Balaban J connectivity index is 0.857. The van der Waals surface area contributed by atoms with Crippen LogP contribution in [0.4, 0.5) is 0 Å². The van der Waals surface area contributed by atoms with Gasteiger partial charge in [0.15, 0.2) is 17.1 Å². The summed E-state index contributed by atoms with van der Waals surface area (Å²) in [7, 11) is 6.63. The van der Waals surface area contributed by atoms with Crippen molar-refractivity contribution < 1.29 is 42.7 Å². The predicted octanol–water partition coefficient (Wildman–Crippen LogP) is 16.3. The first-order valence-electron chi connectivity index (χ1n) is 27.7. The third-order valence-corrected chi connectivity index (χ3v) is 16.7. The second kappa shape index (κ2) is 23.1. The lowest BCUT2D eigenvalue weighted by Gasteiger charge is -2.39. The summed E-state index contributed by atoms with van der Waals surface area (Å²) in [5, 5.41) is 1.60. The van der Waals surface area contributed by atoms with E-state index < -0.39 is 23.1 Å².